The van der Waals surface area contributed by atoms with Gasteiger partial charge in [-0.15, -0.1) is 0 Å². The normalized spacial score (nSPS) is 23.0. The van der Waals surface area contributed by atoms with Crippen molar-refractivity contribution in [1.29, 1.82) is 0 Å². The van der Waals surface area contributed by atoms with Gasteiger partial charge in [-0.1, -0.05) is 12.1 Å². The van der Waals surface area contributed by atoms with Gasteiger partial charge in [-0.05, 0) is 49.3 Å². The number of nitrogens with one attached hydrogen (secondary N) is 1. The van der Waals surface area contributed by atoms with Gasteiger partial charge in [0.25, 0.3) is 0 Å². The molecule has 0 bridgehead atoms. The minimum Gasteiger partial charge on any atom is -0.310 e. The second kappa shape index (κ2) is 5.93. The maximum Gasteiger partial charge on any atom is 0.0702 e. The Morgan fingerprint density at radius 3 is 3.11 bits per heavy atom. The summed E-state index contributed by atoms with van der Waals surface area (Å²) in [5, 5.41) is 5.78. The number of hydrogen-bond acceptors (Lipinski definition) is 3. The van der Waals surface area contributed by atoms with Crippen LogP contribution in [0.4, 0.5) is 0 Å². The molecule has 0 spiro atoms. The monoisotopic (exact) mass is 272 g/mol. The minimum atomic E-state index is 0.696. The third-order valence-electron chi connectivity index (χ3n) is 3.98. The van der Waals surface area contributed by atoms with Crippen LogP contribution in [0.1, 0.15) is 24.8 Å². The number of fused-ring (bicyclic) bond motifs is 1. The maximum atomic E-state index is 4.36. The summed E-state index contributed by atoms with van der Waals surface area (Å²) in [6, 6.07) is 11.4. The Labute approximate surface area is 119 Å². The summed E-state index contributed by atoms with van der Waals surface area (Å²) >= 11 is 2.01. The zero-order chi connectivity index (χ0) is 13.1. The standard InChI is InChI=1S/C16H20N2S/c1-19-15-6-5-14(10-15)18-11-12-4-7-16-13(9-12)3-2-8-17-16/h2-4,7-9,14-15,18H,5-6,10-11H2,1H3. The summed E-state index contributed by atoms with van der Waals surface area (Å²) in [7, 11) is 0. The molecule has 1 fully saturated rings. The number of hydrogen-bond donors (Lipinski definition) is 1. The van der Waals surface area contributed by atoms with E-state index in [4.69, 9.17) is 0 Å². The third kappa shape index (κ3) is 3.10. The van der Waals surface area contributed by atoms with Gasteiger partial charge in [0.15, 0.2) is 0 Å². The van der Waals surface area contributed by atoms with E-state index >= 15 is 0 Å². The Morgan fingerprint density at radius 1 is 1.32 bits per heavy atom. The number of pyridine rings is 1. The molecule has 0 saturated heterocycles. The van der Waals surface area contributed by atoms with Gasteiger partial charge in [0.1, 0.15) is 0 Å². The molecule has 2 unspecified atom stereocenters. The molecule has 19 heavy (non-hydrogen) atoms. The van der Waals surface area contributed by atoms with E-state index in [1.807, 2.05) is 24.0 Å². The number of benzene rings is 1. The van der Waals surface area contributed by atoms with Crippen LogP contribution in [0, 0.1) is 0 Å². The van der Waals surface area contributed by atoms with Crippen LogP contribution in [-0.2, 0) is 6.54 Å². The highest BCUT2D eigenvalue weighted by atomic mass is 32.2. The Balaban J connectivity index is 1.62. The van der Waals surface area contributed by atoms with Crippen molar-refractivity contribution in [3.8, 4) is 0 Å². The molecule has 3 heteroatoms. The van der Waals surface area contributed by atoms with Crippen LogP contribution < -0.4 is 5.32 Å². The maximum absolute atomic E-state index is 4.36. The van der Waals surface area contributed by atoms with E-state index < -0.39 is 0 Å². The lowest BCUT2D eigenvalue weighted by Gasteiger charge is -2.13. The number of rotatable bonds is 4. The molecule has 100 valence electrons. The van der Waals surface area contributed by atoms with Crippen LogP contribution in [0.5, 0.6) is 0 Å². The molecule has 1 aromatic heterocycles. The summed E-state index contributed by atoms with van der Waals surface area (Å²) in [6.07, 6.45) is 8.07. The van der Waals surface area contributed by atoms with Gasteiger partial charge in [-0.25, -0.2) is 0 Å². The van der Waals surface area contributed by atoms with Crippen molar-refractivity contribution < 1.29 is 0 Å². The van der Waals surface area contributed by atoms with Crippen LogP contribution in [0.3, 0.4) is 0 Å². The Morgan fingerprint density at radius 2 is 2.26 bits per heavy atom. The summed E-state index contributed by atoms with van der Waals surface area (Å²) in [5.41, 5.74) is 2.43. The third-order valence-corrected chi connectivity index (χ3v) is 5.07. The van der Waals surface area contributed by atoms with Crippen LogP contribution >= 0.6 is 11.8 Å². The van der Waals surface area contributed by atoms with Crippen molar-refractivity contribution in [3.63, 3.8) is 0 Å². The molecule has 2 aromatic rings. The lowest BCUT2D eigenvalue weighted by molar-refractivity contribution is 0.525. The zero-order valence-electron chi connectivity index (χ0n) is 11.3. The van der Waals surface area contributed by atoms with E-state index in [0.717, 1.165) is 17.3 Å². The van der Waals surface area contributed by atoms with Crippen molar-refractivity contribution >= 4 is 22.7 Å². The van der Waals surface area contributed by atoms with E-state index in [-0.39, 0.29) is 0 Å². The molecule has 0 aliphatic heterocycles. The quantitative estimate of drug-likeness (QED) is 0.920. The smallest absolute Gasteiger partial charge is 0.0702 e. The van der Waals surface area contributed by atoms with Crippen LogP contribution in [0.25, 0.3) is 10.9 Å². The molecule has 1 saturated carbocycles. The fourth-order valence-corrected chi connectivity index (χ4v) is 3.63. The highest BCUT2D eigenvalue weighted by Crippen LogP contribution is 2.28. The first-order valence-corrected chi connectivity index (χ1v) is 8.24. The second-order valence-electron chi connectivity index (χ2n) is 5.28. The largest absolute Gasteiger partial charge is 0.310 e. The molecule has 0 amide bonds. The Hall–Kier alpha value is -1.06. The van der Waals surface area contributed by atoms with Gasteiger partial charge in [0.05, 0.1) is 5.52 Å². The summed E-state index contributed by atoms with van der Waals surface area (Å²) in [5.74, 6) is 0. The van der Waals surface area contributed by atoms with E-state index in [0.29, 0.717) is 6.04 Å². The Kier molecular flexibility index (Phi) is 4.04. The van der Waals surface area contributed by atoms with Crippen molar-refractivity contribution in [3.05, 3.63) is 42.1 Å². The fraction of sp³-hybridized carbons (Fsp3) is 0.438. The van der Waals surface area contributed by atoms with E-state index in [1.165, 1.54) is 30.2 Å². The molecule has 2 nitrogen and oxygen atoms in total. The van der Waals surface area contributed by atoms with E-state index in [2.05, 4.69) is 40.8 Å². The molecule has 2 atom stereocenters. The zero-order valence-corrected chi connectivity index (χ0v) is 12.1. The topological polar surface area (TPSA) is 24.9 Å². The van der Waals surface area contributed by atoms with Crippen molar-refractivity contribution in [2.75, 3.05) is 6.26 Å². The molecule has 1 aliphatic carbocycles. The van der Waals surface area contributed by atoms with Crippen LogP contribution in [-0.4, -0.2) is 22.5 Å². The minimum absolute atomic E-state index is 0.696. The molecular formula is C16H20N2S. The van der Waals surface area contributed by atoms with Crippen molar-refractivity contribution in [1.82, 2.24) is 10.3 Å². The van der Waals surface area contributed by atoms with Crippen molar-refractivity contribution in [2.45, 2.75) is 37.1 Å². The van der Waals surface area contributed by atoms with Gasteiger partial charge < -0.3 is 5.32 Å². The fourth-order valence-electron chi connectivity index (χ4n) is 2.84. The molecular weight excluding hydrogens is 252 g/mol. The number of nitrogens with zero attached hydrogens (tertiary/aromatic N) is 1. The highest BCUT2D eigenvalue weighted by Gasteiger charge is 2.23. The molecule has 1 aliphatic rings. The first-order valence-electron chi connectivity index (χ1n) is 6.95. The van der Waals surface area contributed by atoms with Crippen LogP contribution in [0.2, 0.25) is 0 Å². The predicted octanol–water partition coefficient (Wildman–Crippen LogP) is 3.61. The average Bonchev–Trinajstić information content (AvgIpc) is 2.93. The van der Waals surface area contributed by atoms with Gasteiger partial charge in [0, 0.05) is 29.4 Å². The first-order chi connectivity index (χ1) is 9.35. The lowest BCUT2D eigenvalue weighted by Crippen LogP contribution is -2.26. The van der Waals surface area contributed by atoms with E-state index in [9.17, 15) is 0 Å². The molecule has 3 rings (SSSR count). The Bertz CT molecular complexity index is 555. The highest BCUT2D eigenvalue weighted by molar-refractivity contribution is 7.99. The van der Waals surface area contributed by atoms with E-state index in [1.54, 1.807) is 0 Å². The SMILES string of the molecule is CSC1CCC(NCc2ccc3ncccc3c2)C1. The number of thioether (sulfide) groups is 1. The predicted molar refractivity (Wildman–Crippen MR) is 83.5 cm³/mol. The second-order valence-corrected chi connectivity index (χ2v) is 6.42. The molecule has 1 aromatic carbocycles. The number of aromatic nitrogens is 1. The first kappa shape index (κ1) is 12.9. The van der Waals surface area contributed by atoms with Gasteiger partial charge in [0.2, 0.25) is 0 Å². The van der Waals surface area contributed by atoms with Gasteiger partial charge in [-0.2, -0.15) is 11.8 Å². The average molecular weight is 272 g/mol. The van der Waals surface area contributed by atoms with Crippen molar-refractivity contribution in [2.24, 2.45) is 0 Å². The molecule has 1 N–H and O–H groups in total. The van der Waals surface area contributed by atoms with Crippen LogP contribution in [0.15, 0.2) is 36.5 Å². The van der Waals surface area contributed by atoms with Gasteiger partial charge in [-0.3, -0.25) is 4.98 Å². The molecule has 1 heterocycles. The summed E-state index contributed by atoms with van der Waals surface area (Å²) in [6.45, 7) is 0.969. The summed E-state index contributed by atoms with van der Waals surface area (Å²) in [4.78, 5) is 4.36. The van der Waals surface area contributed by atoms with Gasteiger partial charge >= 0.3 is 0 Å². The lowest BCUT2D eigenvalue weighted by atomic mass is 10.1. The summed E-state index contributed by atoms with van der Waals surface area (Å²) < 4.78 is 0. The molecule has 0 radical (unpaired) electrons.